The molecule has 0 bridgehead atoms. The molecule has 1 aliphatic heterocycles. The molecule has 21 heavy (non-hydrogen) atoms. The molecule has 0 unspecified atom stereocenters. The van der Waals surface area contributed by atoms with Gasteiger partial charge in [-0.2, -0.15) is 0 Å². The number of pyridine rings is 1. The van der Waals surface area contributed by atoms with Gasteiger partial charge in [-0.05, 0) is 25.0 Å². The van der Waals surface area contributed by atoms with Crippen molar-refractivity contribution in [2.24, 2.45) is 0 Å². The van der Waals surface area contributed by atoms with Crippen LogP contribution in [-0.2, 0) is 13.0 Å². The molecule has 108 valence electrons. The zero-order valence-corrected chi connectivity index (χ0v) is 11.6. The number of aromatic nitrogens is 2. The molecule has 2 N–H and O–H groups in total. The van der Waals surface area contributed by atoms with Crippen molar-refractivity contribution in [3.8, 4) is 11.3 Å². The second kappa shape index (κ2) is 4.89. The summed E-state index contributed by atoms with van der Waals surface area (Å²) in [5, 5.41) is 19.1. The number of hydrogen-bond donors (Lipinski definition) is 2. The van der Waals surface area contributed by atoms with Crippen LogP contribution < -0.4 is 0 Å². The van der Waals surface area contributed by atoms with Crippen LogP contribution in [0.4, 0.5) is 0 Å². The number of nitrogens with zero attached hydrogens (tertiary/aromatic N) is 2. The summed E-state index contributed by atoms with van der Waals surface area (Å²) in [6, 6.07) is 3.17. The summed E-state index contributed by atoms with van der Waals surface area (Å²) in [7, 11) is 0. The van der Waals surface area contributed by atoms with E-state index in [4.69, 9.17) is 11.6 Å². The quantitative estimate of drug-likeness (QED) is 0.850. The second-order valence-electron chi connectivity index (χ2n) is 4.78. The largest absolute Gasteiger partial charge is 0.478 e. The zero-order valence-electron chi connectivity index (χ0n) is 10.8. The summed E-state index contributed by atoms with van der Waals surface area (Å²) in [6.07, 6.45) is 2.82. The molecule has 0 saturated carbocycles. The van der Waals surface area contributed by atoms with E-state index in [0.29, 0.717) is 29.9 Å². The van der Waals surface area contributed by atoms with E-state index in [0.717, 1.165) is 6.42 Å². The second-order valence-corrected chi connectivity index (χ2v) is 5.17. The highest BCUT2D eigenvalue weighted by molar-refractivity contribution is 6.29. The SMILES string of the molecule is O=C(O)c1c(C(=O)O)c(-c2ccnc(Cl)c2)n2c1CCC2. The van der Waals surface area contributed by atoms with Crippen LogP contribution in [0.15, 0.2) is 18.3 Å². The smallest absolute Gasteiger partial charge is 0.338 e. The average Bonchev–Trinajstić information content (AvgIpc) is 2.96. The summed E-state index contributed by atoms with van der Waals surface area (Å²) in [5.74, 6) is -2.47. The minimum Gasteiger partial charge on any atom is -0.478 e. The van der Waals surface area contributed by atoms with E-state index >= 15 is 0 Å². The molecule has 0 aromatic carbocycles. The molecule has 0 radical (unpaired) electrons. The van der Waals surface area contributed by atoms with Crippen molar-refractivity contribution >= 4 is 23.5 Å². The van der Waals surface area contributed by atoms with Gasteiger partial charge in [-0.1, -0.05) is 11.6 Å². The minimum atomic E-state index is -1.25. The number of hydrogen-bond acceptors (Lipinski definition) is 3. The van der Waals surface area contributed by atoms with Crippen molar-refractivity contribution in [1.82, 2.24) is 9.55 Å². The van der Waals surface area contributed by atoms with Crippen molar-refractivity contribution in [2.45, 2.75) is 19.4 Å². The fraction of sp³-hybridized carbons (Fsp3) is 0.214. The van der Waals surface area contributed by atoms with Gasteiger partial charge in [-0.25, -0.2) is 14.6 Å². The molecule has 3 heterocycles. The molecule has 7 heteroatoms. The molecule has 0 aliphatic carbocycles. The Morgan fingerprint density at radius 2 is 1.95 bits per heavy atom. The molecule has 0 saturated heterocycles. The first kappa shape index (κ1) is 13.6. The number of halogens is 1. The van der Waals surface area contributed by atoms with Gasteiger partial charge in [0.05, 0.1) is 16.8 Å². The highest BCUT2D eigenvalue weighted by Crippen LogP contribution is 2.36. The number of carbonyl (C=O) groups is 2. The Morgan fingerprint density at radius 1 is 1.24 bits per heavy atom. The molecule has 2 aromatic rings. The lowest BCUT2D eigenvalue weighted by Gasteiger charge is -2.08. The van der Waals surface area contributed by atoms with Crippen molar-refractivity contribution in [2.75, 3.05) is 0 Å². The standard InChI is InChI=1S/C14H11ClN2O4/c15-9-6-7(3-4-16-9)12-11(14(20)21)10(13(18)19)8-2-1-5-17(8)12/h3-4,6H,1-2,5H2,(H,18,19)(H,20,21). The van der Waals surface area contributed by atoms with E-state index in [2.05, 4.69) is 4.98 Å². The molecular weight excluding hydrogens is 296 g/mol. The first-order valence-corrected chi connectivity index (χ1v) is 6.72. The molecule has 2 aromatic heterocycles. The van der Waals surface area contributed by atoms with E-state index < -0.39 is 11.9 Å². The van der Waals surface area contributed by atoms with Crippen LogP contribution in [-0.4, -0.2) is 31.7 Å². The summed E-state index contributed by atoms with van der Waals surface area (Å²) >= 11 is 5.86. The third-order valence-corrected chi connectivity index (χ3v) is 3.80. The van der Waals surface area contributed by atoms with Crippen LogP contribution in [0.3, 0.4) is 0 Å². The number of rotatable bonds is 3. The van der Waals surface area contributed by atoms with Crippen LogP contribution in [0.5, 0.6) is 0 Å². The maximum Gasteiger partial charge on any atom is 0.338 e. The molecule has 0 fully saturated rings. The Balaban J connectivity index is 2.37. The van der Waals surface area contributed by atoms with Crippen molar-refractivity contribution in [1.29, 1.82) is 0 Å². The van der Waals surface area contributed by atoms with Crippen molar-refractivity contribution < 1.29 is 19.8 Å². The van der Waals surface area contributed by atoms with Gasteiger partial charge in [0.1, 0.15) is 5.15 Å². The van der Waals surface area contributed by atoms with Gasteiger partial charge >= 0.3 is 11.9 Å². The van der Waals surface area contributed by atoms with Crippen LogP contribution in [0.25, 0.3) is 11.3 Å². The van der Waals surface area contributed by atoms with E-state index in [1.165, 1.54) is 6.20 Å². The van der Waals surface area contributed by atoms with E-state index in [1.807, 2.05) is 0 Å². The summed E-state index contributed by atoms with van der Waals surface area (Å²) in [4.78, 5) is 26.9. The van der Waals surface area contributed by atoms with E-state index in [9.17, 15) is 19.8 Å². The van der Waals surface area contributed by atoms with Crippen LogP contribution in [0.2, 0.25) is 5.15 Å². The van der Waals surface area contributed by atoms with Gasteiger partial charge in [0.15, 0.2) is 0 Å². The molecule has 1 aliphatic rings. The molecule has 0 amide bonds. The van der Waals surface area contributed by atoms with Crippen LogP contribution in [0, 0.1) is 0 Å². The average molecular weight is 307 g/mol. The number of carboxylic acid groups (broad SMARTS) is 2. The zero-order chi connectivity index (χ0) is 15.1. The Labute approximate surface area is 124 Å². The lowest BCUT2D eigenvalue weighted by Crippen LogP contribution is -2.08. The fourth-order valence-electron chi connectivity index (χ4n) is 2.87. The number of carboxylic acids is 2. The predicted molar refractivity (Wildman–Crippen MR) is 74.9 cm³/mol. The fourth-order valence-corrected chi connectivity index (χ4v) is 3.04. The van der Waals surface area contributed by atoms with E-state index in [1.54, 1.807) is 16.7 Å². The topological polar surface area (TPSA) is 92.4 Å². The first-order chi connectivity index (χ1) is 10.0. The van der Waals surface area contributed by atoms with Gasteiger partial charge in [-0.15, -0.1) is 0 Å². The maximum atomic E-state index is 11.6. The summed E-state index contributed by atoms with van der Waals surface area (Å²) in [5.41, 5.74) is 1.20. The molecule has 0 spiro atoms. The number of fused-ring (bicyclic) bond motifs is 1. The highest BCUT2D eigenvalue weighted by Gasteiger charge is 2.33. The van der Waals surface area contributed by atoms with Gasteiger partial charge in [0, 0.05) is 24.0 Å². The van der Waals surface area contributed by atoms with Gasteiger partial charge in [-0.3, -0.25) is 0 Å². The maximum absolute atomic E-state index is 11.6. The third kappa shape index (κ3) is 2.08. The van der Waals surface area contributed by atoms with E-state index in [-0.39, 0.29) is 16.3 Å². The lowest BCUT2D eigenvalue weighted by molar-refractivity contribution is 0.0652. The van der Waals surface area contributed by atoms with Gasteiger partial charge < -0.3 is 14.8 Å². The van der Waals surface area contributed by atoms with Crippen LogP contribution in [0.1, 0.15) is 32.8 Å². The monoisotopic (exact) mass is 306 g/mol. The molecular formula is C14H11ClN2O4. The van der Waals surface area contributed by atoms with Gasteiger partial charge in [0.25, 0.3) is 0 Å². The normalized spacial score (nSPS) is 13.2. The van der Waals surface area contributed by atoms with Crippen molar-refractivity contribution in [3.05, 3.63) is 40.3 Å². The lowest BCUT2D eigenvalue weighted by atomic mass is 10.0. The Hall–Kier alpha value is -2.34. The number of aromatic carboxylic acids is 2. The van der Waals surface area contributed by atoms with Crippen molar-refractivity contribution in [3.63, 3.8) is 0 Å². The predicted octanol–water partition coefficient (Wildman–Crippen LogP) is 2.55. The Morgan fingerprint density at radius 3 is 2.57 bits per heavy atom. The van der Waals surface area contributed by atoms with Gasteiger partial charge in [0.2, 0.25) is 0 Å². The Kier molecular flexibility index (Phi) is 3.17. The molecule has 3 rings (SSSR count). The summed E-state index contributed by atoms with van der Waals surface area (Å²) < 4.78 is 1.76. The summed E-state index contributed by atoms with van der Waals surface area (Å²) in [6.45, 7) is 0.595. The third-order valence-electron chi connectivity index (χ3n) is 3.59. The Bertz CT molecular complexity index is 767. The molecule has 0 atom stereocenters. The minimum absolute atomic E-state index is 0.122. The first-order valence-electron chi connectivity index (χ1n) is 6.34. The van der Waals surface area contributed by atoms with Crippen LogP contribution >= 0.6 is 11.6 Å². The molecule has 6 nitrogen and oxygen atoms in total. The highest BCUT2D eigenvalue weighted by atomic mass is 35.5.